The summed E-state index contributed by atoms with van der Waals surface area (Å²) >= 11 is 0. The second-order valence-electron chi connectivity index (χ2n) is 8.28. The van der Waals surface area contributed by atoms with E-state index in [4.69, 9.17) is 0 Å². The van der Waals surface area contributed by atoms with E-state index in [-0.39, 0.29) is 0 Å². The molecule has 0 saturated carbocycles. The maximum Gasteiger partial charge on any atom is 0.166 e. The number of aromatic nitrogens is 3. The average Bonchev–Trinajstić information content (AvgIpc) is 3.37. The molecule has 166 valence electrons. The number of H-pyrrole nitrogens is 3. The SMILES string of the molecule is CCc1c(Cc2[nH]c(Cc3[nH]c(C=O)c(C)c3CC)c(CC)c2CC)[nH]c(C=O)c1C. The van der Waals surface area contributed by atoms with Crippen LogP contribution in [0.1, 0.15) is 105 Å². The highest BCUT2D eigenvalue weighted by atomic mass is 16.1. The molecular formula is C26H35N3O2. The quantitative estimate of drug-likeness (QED) is 0.386. The number of nitrogens with one attached hydrogen (secondary N) is 3. The number of rotatable bonds is 10. The van der Waals surface area contributed by atoms with Crippen molar-refractivity contribution in [1.82, 2.24) is 15.0 Å². The zero-order chi connectivity index (χ0) is 22.7. The number of hydrogen-bond donors (Lipinski definition) is 3. The third kappa shape index (κ3) is 4.06. The first-order valence-corrected chi connectivity index (χ1v) is 11.5. The monoisotopic (exact) mass is 421 g/mol. The molecule has 0 aliphatic rings. The zero-order valence-electron chi connectivity index (χ0n) is 19.7. The minimum Gasteiger partial charge on any atom is -0.361 e. The molecule has 0 aromatic carbocycles. The van der Waals surface area contributed by atoms with Crippen LogP contribution in [0.4, 0.5) is 0 Å². The Morgan fingerprint density at radius 1 is 0.548 bits per heavy atom. The van der Waals surface area contributed by atoms with E-state index in [9.17, 15) is 9.59 Å². The predicted octanol–water partition coefficient (Wildman–Crippen LogP) is 5.34. The molecule has 0 unspecified atom stereocenters. The minimum absolute atomic E-state index is 0.684. The van der Waals surface area contributed by atoms with Crippen molar-refractivity contribution in [1.29, 1.82) is 0 Å². The molecule has 0 spiro atoms. The second kappa shape index (κ2) is 9.54. The van der Waals surface area contributed by atoms with Gasteiger partial charge in [0.05, 0.1) is 11.4 Å². The molecule has 5 heteroatoms. The smallest absolute Gasteiger partial charge is 0.166 e. The van der Waals surface area contributed by atoms with Gasteiger partial charge in [0.2, 0.25) is 0 Å². The molecule has 0 saturated heterocycles. The van der Waals surface area contributed by atoms with Gasteiger partial charge in [0.25, 0.3) is 0 Å². The van der Waals surface area contributed by atoms with E-state index < -0.39 is 0 Å². The van der Waals surface area contributed by atoms with Gasteiger partial charge in [0, 0.05) is 35.6 Å². The van der Waals surface area contributed by atoms with Crippen LogP contribution in [-0.4, -0.2) is 27.5 Å². The van der Waals surface area contributed by atoms with Crippen LogP contribution in [0.2, 0.25) is 0 Å². The van der Waals surface area contributed by atoms with Crippen molar-refractivity contribution in [3.8, 4) is 0 Å². The van der Waals surface area contributed by atoms with E-state index in [0.29, 0.717) is 11.4 Å². The summed E-state index contributed by atoms with van der Waals surface area (Å²) in [7, 11) is 0. The summed E-state index contributed by atoms with van der Waals surface area (Å²) in [5.74, 6) is 0. The normalized spacial score (nSPS) is 11.3. The van der Waals surface area contributed by atoms with Gasteiger partial charge in [0.15, 0.2) is 12.6 Å². The van der Waals surface area contributed by atoms with Crippen molar-refractivity contribution >= 4 is 12.6 Å². The van der Waals surface area contributed by atoms with Gasteiger partial charge in [-0.05, 0) is 72.9 Å². The number of aldehydes is 2. The number of hydrogen-bond acceptors (Lipinski definition) is 2. The Labute approximate surface area is 185 Å². The molecule has 5 nitrogen and oxygen atoms in total. The minimum atomic E-state index is 0.684. The molecule has 3 rings (SSSR count). The molecule has 3 N–H and O–H groups in total. The molecule has 0 amide bonds. The Hall–Kier alpha value is -2.82. The van der Waals surface area contributed by atoms with E-state index >= 15 is 0 Å². The molecule has 0 fully saturated rings. The van der Waals surface area contributed by atoms with Crippen molar-refractivity contribution in [2.24, 2.45) is 0 Å². The van der Waals surface area contributed by atoms with Gasteiger partial charge in [-0.15, -0.1) is 0 Å². The summed E-state index contributed by atoms with van der Waals surface area (Å²) in [6, 6.07) is 0. The first kappa shape index (κ1) is 22.9. The number of carbonyl (C=O) groups excluding carboxylic acids is 2. The summed E-state index contributed by atoms with van der Waals surface area (Å²) in [5, 5.41) is 0. The Balaban J connectivity index is 2.04. The third-order valence-corrected chi connectivity index (χ3v) is 6.76. The fourth-order valence-corrected chi connectivity index (χ4v) is 5.14. The van der Waals surface area contributed by atoms with Crippen LogP contribution in [0.15, 0.2) is 0 Å². The molecule has 0 aliphatic heterocycles. The van der Waals surface area contributed by atoms with E-state index in [1.54, 1.807) is 0 Å². The van der Waals surface area contributed by atoms with Crippen molar-refractivity contribution in [2.45, 2.75) is 80.1 Å². The largest absolute Gasteiger partial charge is 0.361 e. The Bertz CT molecular complexity index is 1010. The molecule has 0 aliphatic carbocycles. The van der Waals surface area contributed by atoms with Gasteiger partial charge in [-0.25, -0.2) is 0 Å². The van der Waals surface area contributed by atoms with Gasteiger partial charge in [-0.2, -0.15) is 0 Å². The lowest BCUT2D eigenvalue weighted by Crippen LogP contribution is -1.98. The summed E-state index contributed by atoms with van der Waals surface area (Å²) in [4.78, 5) is 33.3. The number of carbonyl (C=O) groups is 2. The van der Waals surface area contributed by atoms with E-state index in [0.717, 1.165) is 73.6 Å². The molecule has 0 atom stereocenters. The lowest BCUT2D eigenvalue weighted by atomic mass is 9.98. The van der Waals surface area contributed by atoms with Crippen molar-refractivity contribution < 1.29 is 9.59 Å². The summed E-state index contributed by atoms with van der Waals surface area (Å²) < 4.78 is 0. The van der Waals surface area contributed by atoms with Gasteiger partial charge in [0.1, 0.15) is 0 Å². The Morgan fingerprint density at radius 3 is 1.16 bits per heavy atom. The van der Waals surface area contributed by atoms with Crippen LogP contribution >= 0.6 is 0 Å². The van der Waals surface area contributed by atoms with Gasteiger partial charge in [-0.1, -0.05) is 27.7 Å². The highest BCUT2D eigenvalue weighted by Crippen LogP contribution is 2.29. The fraction of sp³-hybridized carbons (Fsp3) is 0.462. The van der Waals surface area contributed by atoms with Crippen molar-refractivity contribution in [3.05, 3.63) is 67.5 Å². The van der Waals surface area contributed by atoms with Crippen LogP contribution in [-0.2, 0) is 38.5 Å². The van der Waals surface area contributed by atoms with Gasteiger partial charge in [-0.3, -0.25) is 9.59 Å². The third-order valence-electron chi connectivity index (χ3n) is 6.76. The maximum atomic E-state index is 11.4. The fourth-order valence-electron chi connectivity index (χ4n) is 5.14. The average molecular weight is 422 g/mol. The molecule has 3 aromatic heterocycles. The van der Waals surface area contributed by atoms with Gasteiger partial charge < -0.3 is 15.0 Å². The second-order valence-corrected chi connectivity index (χ2v) is 8.28. The van der Waals surface area contributed by atoms with E-state index in [1.807, 2.05) is 13.8 Å². The topological polar surface area (TPSA) is 81.5 Å². The van der Waals surface area contributed by atoms with Crippen LogP contribution < -0.4 is 0 Å². The standard InChI is InChI=1S/C26H35N3O2/c1-7-17-15(5)25(13-30)28-21(17)11-23-19(9-3)20(10-4)24(27-23)12-22-18(8-2)16(6)26(14-31)29-22/h13-14,27-29H,7-12H2,1-6H3. The van der Waals surface area contributed by atoms with Crippen molar-refractivity contribution in [2.75, 3.05) is 0 Å². The Morgan fingerprint density at radius 2 is 0.871 bits per heavy atom. The molecule has 31 heavy (non-hydrogen) atoms. The first-order valence-electron chi connectivity index (χ1n) is 11.5. The molecule has 0 bridgehead atoms. The molecule has 3 aromatic rings. The van der Waals surface area contributed by atoms with Crippen LogP contribution in [0.25, 0.3) is 0 Å². The first-order chi connectivity index (χ1) is 14.9. The van der Waals surface area contributed by atoms with E-state index in [2.05, 4.69) is 42.6 Å². The molecule has 3 heterocycles. The number of aromatic amines is 3. The van der Waals surface area contributed by atoms with Crippen molar-refractivity contribution in [3.63, 3.8) is 0 Å². The van der Waals surface area contributed by atoms with Crippen LogP contribution in [0.5, 0.6) is 0 Å². The summed E-state index contributed by atoms with van der Waals surface area (Å²) in [6.45, 7) is 12.7. The van der Waals surface area contributed by atoms with Crippen LogP contribution in [0.3, 0.4) is 0 Å². The summed E-state index contributed by atoms with van der Waals surface area (Å²) in [6.07, 6.45) is 7.08. The molecule has 0 radical (unpaired) electrons. The zero-order valence-corrected chi connectivity index (χ0v) is 19.7. The van der Waals surface area contributed by atoms with E-state index in [1.165, 1.54) is 33.6 Å². The highest BCUT2D eigenvalue weighted by Gasteiger charge is 2.21. The maximum absolute atomic E-state index is 11.4. The lowest BCUT2D eigenvalue weighted by Gasteiger charge is -2.06. The highest BCUT2D eigenvalue weighted by molar-refractivity contribution is 5.76. The Kier molecular flexibility index (Phi) is 7.04. The molecular weight excluding hydrogens is 386 g/mol. The predicted molar refractivity (Wildman–Crippen MR) is 126 cm³/mol. The van der Waals surface area contributed by atoms with Gasteiger partial charge >= 0.3 is 0 Å². The summed E-state index contributed by atoms with van der Waals surface area (Å²) in [5.41, 5.74) is 13.4. The lowest BCUT2D eigenvalue weighted by molar-refractivity contribution is 0.111. The van der Waals surface area contributed by atoms with Crippen LogP contribution in [0, 0.1) is 13.8 Å².